The number of benzene rings is 1. The van der Waals surface area contributed by atoms with Crippen molar-refractivity contribution >= 4 is 11.6 Å². The minimum Gasteiger partial charge on any atom is -0.378 e. The van der Waals surface area contributed by atoms with Gasteiger partial charge in [-0.3, -0.25) is 10.2 Å². The number of hydrogen-bond donors (Lipinski definition) is 2. The fourth-order valence-corrected chi connectivity index (χ4v) is 2.06. The van der Waals surface area contributed by atoms with Crippen molar-refractivity contribution in [2.24, 2.45) is 5.84 Å². The number of hydrogen-bond acceptors (Lipinski definition) is 4. The van der Waals surface area contributed by atoms with Gasteiger partial charge in [-0.2, -0.15) is 13.2 Å². The maximum atomic E-state index is 13.0. The lowest BCUT2D eigenvalue weighted by molar-refractivity contribution is -0.137. The van der Waals surface area contributed by atoms with E-state index in [1.165, 1.54) is 6.07 Å². The van der Waals surface area contributed by atoms with Gasteiger partial charge in [0.15, 0.2) is 0 Å². The quantitative estimate of drug-likeness (QED) is 0.489. The van der Waals surface area contributed by atoms with E-state index < -0.39 is 23.2 Å². The molecule has 138 valence electrons. The first-order chi connectivity index (χ1) is 11.4. The number of anilines is 1. The lowest BCUT2D eigenvalue weighted by Gasteiger charge is -2.29. The van der Waals surface area contributed by atoms with Crippen LogP contribution in [-0.4, -0.2) is 32.2 Å². The lowest BCUT2D eigenvalue weighted by Crippen LogP contribution is -2.36. The summed E-state index contributed by atoms with van der Waals surface area (Å²) in [7, 11) is 0. The number of nitrogens with one attached hydrogen (secondary N) is 1. The van der Waals surface area contributed by atoms with Gasteiger partial charge in [-0.1, -0.05) is 27.7 Å². The van der Waals surface area contributed by atoms with Gasteiger partial charge in [-0.15, -0.1) is 0 Å². The Hall–Kier alpha value is -1.80. The highest BCUT2D eigenvalue weighted by atomic mass is 19.4. The molecular formula is C16H26F3N3O2. The molecule has 1 aromatic rings. The average Bonchev–Trinajstić information content (AvgIpc) is 2.64. The molecule has 3 N–H and O–H groups in total. The van der Waals surface area contributed by atoms with Crippen LogP contribution in [0.3, 0.4) is 0 Å². The number of hydrazine groups is 1. The third-order valence-corrected chi connectivity index (χ3v) is 3.06. The van der Waals surface area contributed by atoms with E-state index >= 15 is 0 Å². The van der Waals surface area contributed by atoms with E-state index in [0.717, 1.165) is 12.1 Å². The molecule has 0 aromatic heterocycles. The Bertz CT molecular complexity index is 502. The Morgan fingerprint density at radius 2 is 1.71 bits per heavy atom. The van der Waals surface area contributed by atoms with Crippen molar-refractivity contribution in [1.29, 1.82) is 0 Å². The Labute approximate surface area is 140 Å². The zero-order valence-electron chi connectivity index (χ0n) is 14.5. The molecule has 0 atom stereocenters. The van der Waals surface area contributed by atoms with Gasteiger partial charge in [-0.05, 0) is 18.2 Å². The third kappa shape index (κ3) is 6.01. The predicted molar refractivity (Wildman–Crippen MR) is 88.8 cm³/mol. The van der Waals surface area contributed by atoms with Crippen LogP contribution in [0, 0.1) is 0 Å². The smallest absolute Gasteiger partial charge is 0.378 e. The third-order valence-electron chi connectivity index (χ3n) is 3.06. The van der Waals surface area contributed by atoms with Crippen molar-refractivity contribution < 1.29 is 22.7 Å². The number of morpholine rings is 1. The Morgan fingerprint density at radius 1 is 1.17 bits per heavy atom. The molecule has 1 fully saturated rings. The summed E-state index contributed by atoms with van der Waals surface area (Å²) in [6.07, 6.45) is -4.62. The average molecular weight is 349 g/mol. The number of carbonyl (C=O) groups excluding carboxylic acids is 1. The zero-order chi connectivity index (χ0) is 18.8. The summed E-state index contributed by atoms with van der Waals surface area (Å²) < 4.78 is 44.2. The first kappa shape index (κ1) is 22.2. The minimum atomic E-state index is -4.62. The van der Waals surface area contributed by atoms with E-state index in [9.17, 15) is 18.0 Å². The first-order valence-corrected chi connectivity index (χ1v) is 7.98. The number of nitrogens with two attached hydrogens (primary N) is 1. The maximum Gasteiger partial charge on any atom is 0.417 e. The van der Waals surface area contributed by atoms with Crippen molar-refractivity contribution in [1.82, 2.24) is 5.43 Å². The molecule has 0 spiro atoms. The minimum absolute atomic E-state index is 0.411. The van der Waals surface area contributed by atoms with Crippen LogP contribution in [0.1, 0.15) is 43.6 Å². The fraction of sp³-hybridized carbons (Fsp3) is 0.562. The topological polar surface area (TPSA) is 67.6 Å². The summed E-state index contributed by atoms with van der Waals surface area (Å²) in [5.74, 6) is 3.94. The standard InChI is InChI=1S/C12H14F3N3O2.2C2H6/c13-12(14,15)10-7-8(18-3-5-20-6-4-18)1-2-9(10)11(19)17-16;2*1-2/h1-2,7H,3-6,16H2,(H,17,19);2*1-2H3. The molecular weight excluding hydrogens is 323 g/mol. The number of ether oxygens (including phenoxy) is 1. The second-order valence-electron chi connectivity index (χ2n) is 4.30. The summed E-state index contributed by atoms with van der Waals surface area (Å²) in [6, 6.07) is 3.58. The largest absolute Gasteiger partial charge is 0.417 e. The SMILES string of the molecule is CC.CC.NNC(=O)c1ccc(N2CCOCC2)cc1C(F)(F)F. The van der Waals surface area contributed by atoms with Gasteiger partial charge in [0.1, 0.15) is 0 Å². The lowest BCUT2D eigenvalue weighted by atomic mass is 10.0. The van der Waals surface area contributed by atoms with E-state index in [4.69, 9.17) is 10.6 Å². The Balaban J connectivity index is 0.00000123. The van der Waals surface area contributed by atoms with Crippen molar-refractivity contribution in [3.63, 3.8) is 0 Å². The molecule has 5 nitrogen and oxygen atoms in total. The van der Waals surface area contributed by atoms with Gasteiger partial charge in [0.2, 0.25) is 0 Å². The Kier molecular flexibility index (Phi) is 10.1. The highest BCUT2D eigenvalue weighted by Crippen LogP contribution is 2.34. The molecule has 1 saturated heterocycles. The number of alkyl halides is 3. The van der Waals surface area contributed by atoms with Gasteiger partial charge in [0.05, 0.1) is 24.3 Å². The molecule has 1 aliphatic heterocycles. The van der Waals surface area contributed by atoms with Crippen LogP contribution in [0.5, 0.6) is 0 Å². The molecule has 1 amide bonds. The molecule has 1 heterocycles. The van der Waals surface area contributed by atoms with Gasteiger partial charge in [-0.25, -0.2) is 5.84 Å². The molecule has 0 bridgehead atoms. The van der Waals surface area contributed by atoms with E-state index in [2.05, 4.69) is 0 Å². The van der Waals surface area contributed by atoms with Crippen LogP contribution < -0.4 is 16.2 Å². The number of amides is 1. The second-order valence-corrected chi connectivity index (χ2v) is 4.30. The van der Waals surface area contributed by atoms with Crippen molar-refractivity contribution in [2.45, 2.75) is 33.9 Å². The summed E-state index contributed by atoms with van der Waals surface area (Å²) in [5.41, 5.74) is 0.647. The molecule has 0 unspecified atom stereocenters. The summed E-state index contributed by atoms with van der Waals surface area (Å²) >= 11 is 0. The van der Waals surface area contributed by atoms with Crippen LogP contribution in [0.2, 0.25) is 0 Å². The number of rotatable bonds is 2. The van der Waals surface area contributed by atoms with E-state index in [1.807, 2.05) is 27.7 Å². The van der Waals surface area contributed by atoms with Gasteiger partial charge >= 0.3 is 6.18 Å². The summed E-state index contributed by atoms with van der Waals surface area (Å²) in [4.78, 5) is 13.2. The van der Waals surface area contributed by atoms with Crippen LogP contribution >= 0.6 is 0 Å². The van der Waals surface area contributed by atoms with Crippen molar-refractivity contribution in [3.8, 4) is 0 Å². The van der Waals surface area contributed by atoms with Crippen molar-refractivity contribution in [3.05, 3.63) is 29.3 Å². The number of nitrogen functional groups attached to an aromatic ring is 1. The number of halogens is 3. The van der Waals surface area contributed by atoms with E-state index in [0.29, 0.717) is 32.0 Å². The maximum absolute atomic E-state index is 13.0. The second kappa shape index (κ2) is 10.9. The molecule has 0 radical (unpaired) electrons. The van der Waals surface area contributed by atoms with Crippen LogP contribution in [0.15, 0.2) is 18.2 Å². The normalized spacial score (nSPS) is 13.9. The summed E-state index contributed by atoms with van der Waals surface area (Å²) in [6.45, 7) is 9.96. The van der Waals surface area contributed by atoms with Gasteiger partial charge < -0.3 is 9.64 Å². The monoisotopic (exact) mass is 349 g/mol. The van der Waals surface area contributed by atoms with E-state index in [-0.39, 0.29) is 0 Å². The zero-order valence-corrected chi connectivity index (χ0v) is 14.5. The number of carbonyl (C=O) groups is 1. The fourth-order valence-electron chi connectivity index (χ4n) is 2.06. The van der Waals surface area contributed by atoms with Gasteiger partial charge in [0, 0.05) is 18.8 Å². The molecule has 1 aliphatic rings. The molecule has 2 rings (SSSR count). The summed E-state index contributed by atoms with van der Waals surface area (Å²) in [5, 5.41) is 0. The van der Waals surface area contributed by atoms with E-state index in [1.54, 1.807) is 10.3 Å². The van der Waals surface area contributed by atoms with Crippen LogP contribution in [-0.2, 0) is 10.9 Å². The Morgan fingerprint density at radius 3 is 2.17 bits per heavy atom. The molecule has 0 saturated carbocycles. The van der Waals surface area contributed by atoms with Crippen LogP contribution in [0.4, 0.5) is 18.9 Å². The molecule has 0 aliphatic carbocycles. The van der Waals surface area contributed by atoms with Crippen molar-refractivity contribution in [2.75, 3.05) is 31.2 Å². The molecule has 1 aromatic carbocycles. The highest BCUT2D eigenvalue weighted by Gasteiger charge is 2.35. The molecule has 24 heavy (non-hydrogen) atoms. The number of nitrogens with zero attached hydrogens (tertiary/aromatic N) is 1. The van der Waals surface area contributed by atoms with Crippen LogP contribution in [0.25, 0.3) is 0 Å². The highest BCUT2D eigenvalue weighted by molar-refractivity contribution is 5.96. The first-order valence-electron chi connectivity index (χ1n) is 7.98. The molecule has 8 heteroatoms. The van der Waals surface area contributed by atoms with Gasteiger partial charge in [0.25, 0.3) is 5.91 Å². The predicted octanol–water partition coefficient (Wildman–Crippen LogP) is 3.20.